The largest absolute Gasteiger partial charge is 0.309 e. The molecule has 0 bridgehead atoms. The minimum absolute atomic E-state index is 0.0225. The Morgan fingerprint density at radius 1 is 1.16 bits per heavy atom. The van der Waals surface area contributed by atoms with Crippen LogP contribution in [0.25, 0.3) is 0 Å². The van der Waals surface area contributed by atoms with Crippen molar-refractivity contribution in [2.24, 2.45) is 5.92 Å². The molecule has 132 valence electrons. The Morgan fingerprint density at radius 2 is 1.88 bits per heavy atom. The highest BCUT2D eigenvalue weighted by Crippen LogP contribution is 2.34. The summed E-state index contributed by atoms with van der Waals surface area (Å²) < 4.78 is 0. The molecule has 1 heterocycles. The molecule has 4 heteroatoms. The number of hydrogen-bond acceptors (Lipinski definition) is 3. The van der Waals surface area contributed by atoms with Crippen LogP contribution in [0, 0.1) is 12.8 Å². The summed E-state index contributed by atoms with van der Waals surface area (Å²) in [5, 5.41) is 2.97. The summed E-state index contributed by atoms with van der Waals surface area (Å²) in [7, 11) is 0. The number of aryl methyl sites for hydroxylation is 2. The maximum Gasteiger partial charge on any atom is 0.233 e. The van der Waals surface area contributed by atoms with Gasteiger partial charge in [0, 0.05) is 0 Å². The normalized spacial score (nSPS) is 15.9. The third-order valence-corrected chi connectivity index (χ3v) is 5.16. The van der Waals surface area contributed by atoms with E-state index in [0.29, 0.717) is 11.7 Å². The summed E-state index contributed by atoms with van der Waals surface area (Å²) in [6, 6.07) is 8.33. The van der Waals surface area contributed by atoms with Crippen molar-refractivity contribution >= 4 is 11.7 Å². The van der Waals surface area contributed by atoms with Crippen molar-refractivity contribution in [1.29, 1.82) is 0 Å². The zero-order valence-electron chi connectivity index (χ0n) is 15.2. The van der Waals surface area contributed by atoms with E-state index in [9.17, 15) is 4.79 Å². The van der Waals surface area contributed by atoms with Gasteiger partial charge in [0.05, 0.1) is 24.0 Å². The van der Waals surface area contributed by atoms with Crippen LogP contribution in [0.2, 0.25) is 0 Å². The van der Waals surface area contributed by atoms with Crippen LogP contribution < -0.4 is 5.32 Å². The second kappa shape index (κ2) is 8.24. The number of nitrogens with zero attached hydrogens (tertiary/aromatic N) is 2. The predicted molar refractivity (Wildman–Crippen MR) is 101 cm³/mol. The molecule has 0 saturated heterocycles. The standard InChI is InChI=1S/C21H27N3O/c1-3-18-13-23-20(14-22-18)24-21(25)19(12-16-6-4-5-7-16)17-10-8-15(2)9-11-17/h8-11,13-14,16,19H,3-7,12H2,1-2H3,(H,23,24,25)/t19-/m1/s1. The van der Waals surface area contributed by atoms with Gasteiger partial charge >= 0.3 is 0 Å². The summed E-state index contributed by atoms with van der Waals surface area (Å²) >= 11 is 0. The van der Waals surface area contributed by atoms with Gasteiger partial charge in [0.25, 0.3) is 0 Å². The first-order valence-corrected chi connectivity index (χ1v) is 9.34. The van der Waals surface area contributed by atoms with E-state index >= 15 is 0 Å². The number of aromatic nitrogens is 2. The van der Waals surface area contributed by atoms with E-state index in [1.165, 1.54) is 31.2 Å². The Bertz CT molecular complexity index is 688. The van der Waals surface area contributed by atoms with E-state index in [1.807, 2.05) is 6.92 Å². The van der Waals surface area contributed by atoms with E-state index in [0.717, 1.165) is 24.1 Å². The van der Waals surface area contributed by atoms with Crippen molar-refractivity contribution < 1.29 is 4.79 Å². The van der Waals surface area contributed by atoms with Gasteiger partial charge in [-0.2, -0.15) is 0 Å². The number of nitrogens with one attached hydrogen (secondary N) is 1. The molecule has 0 spiro atoms. The number of rotatable bonds is 6. The van der Waals surface area contributed by atoms with Gasteiger partial charge in [-0.1, -0.05) is 62.4 Å². The van der Waals surface area contributed by atoms with Crippen molar-refractivity contribution in [2.45, 2.75) is 58.3 Å². The molecule has 2 aromatic rings. The third kappa shape index (κ3) is 4.65. The van der Waals surface area contributed by atoms with Crippen LogP contribution in [-0.4, -0.2) is 15.9 Å². The van der Waals surface area contributed by atoms with E-state index in [-0.39, 0.29) is 11.8 Å². The molecule has 0 radical (unpaired) electrons. The highest BCUT2D eigenvalue weighted by molar-refractivity contribution is 5.95. The van der Waals surface area contributed by atoms with Gasteiger partial charge in [-0.3, -0.25) is 9.78 Å². The number of carbonyl (C=O) groups excluding carboxylic acids is 1. The molecule has 1 aliphatic rings. The molecule has 3 rings (SSSR count). The Kier molecular flexibility index (Phi) is 5.79. The molecular weight excluding hydrogens is 310 g/mol. The average molecular weight is 337 g/mol. The summed E-state index contributed by atoms with van der Waals surface area (Å²) in [5.74, 6) is 1.07. The molecule has 1 aliphatic carbocycles. The van der Waals surface area contributed by atoms with Crippen LogP contribution in [0.1, 0.15) is 61.8 Å². The van der Waals surface area contributed by atoms with Crippen LogP contribution in [0.4, 0.5) is 5.82 Å². The zero-order valence-corrected chi connectivity index (χ0v) is 15.2. The first kappa shape index (κ1) is 17.6. The molecule has 1 aromatic carbocycles. The maximum atomic E-state index is 13.0. The van der Waals surface area contributed by atoms with Crippen LogP contribution in [0.3, 0.4) is 0 Å². The lowest BCUT2D eigenvalue weighted by molar-refractivity contribution is -0.118. The van der Waals surface area contributed by atoms with Gasteiger partial charge in [-0.15, -0.1) is 0 Å². The maximum absolute atomic E-state index is 13.0. The lowest BCUT2D eigenvalue weighted by Crippen LogP contribution is -2.23. The monoisotopic (exact) mass is 337 g/mol. The molecule has 1 N–H and O–H groups in total. The van der Waals surface area contributed by atoms with Crippen molar-refractivity contribution in [3.8, 4) is 0 Å². The molecule has 25 heavy (non-hydrogen) atoms. The second-order valence-electron chi connectivity index (χ2n) is 7.09. The van der Waals surface area contributed by atoms with Gasteiger partial charge < -0.3 is 5.32 Å². The van der Waals surface area contributed by atoms with Crippen LogP contribution >= 0.6 is 0 Å². The fourth-order valence-corrected chi connectivity index (χ4v) is 3.59. The van der Waals surface area contributed by atoms with E-state index in [2.05, 4.69) is 46.5 Å². The summed E-state index contributed by atoms with van der Waals surface area (Å²) in [6.07, 6.45) is 10.2. The Balaban J connectivity index is 1.76. The molecule has 1 amide bonds. The summed E-state index contributed by atoms with van der Waals surface area (Å²) in [6.45, 7) is 4.11. The van der Waals surface area contributed by atoms with E-state index in [4.69, 9.17) is 0 Å². The highest BCUT2D eigenvalue weighted by Gasteiger charge is 2.27. The van der Waals surface area contributed by atoms with Gasteiger partial charge in [0.1, 0.15) is 0 Å². The lowest BCUT2D eigenvalue weighted by atomic mass is 9.87. The van der Waals surface area contributed by atoms with Crippen LogP contribution in [0.15, 0.2) is 36.7 Å². The van der Waals surface area contributed by atoms with Crippen molar-refractivity contribution in [3.63, 3.8) is 0 Å². The first-order valence-electron chi connectivity index (χ1n) is 9.34. The molecule has 0 unspecified atom stereocenters. The molecule has 1 aromatic heterocycles. The number of anilines is 1. The number of amides is 1. The van der Waals surface area contributed by atoms with Gasteiger partial charge in [-0.05, 0) is 31.2 Å². The predicted octanol–water partition coefficient (Wildman–Crippen LogP) is 4.65. The quantitative estimate of drug-likeness (QED) is 0.835. The van der Waals surface area contributed by atoms with Gasteiger partial charge in [-0.25, -0.2) is 4.98 Å². The van der Waals surface area contributed by atoms with Crippen molar-refractivity contribution in [1.82, 2.24) is 9.97 Å². The van der Waals surface area contributed by atoms with Crippen molar-refractivity contribution in [3.05, 3.63) is 53.5 Å². The number of benzene rings is 1. The minimum atomic E-state index is -0.128. The number of carbonyl (C=O) groups is 1. The fourth-order valence-electron chi connectivity index (χ4n) is 3.59. The summed E-state index contributed by atoms with van der Waals surface area (Å²) in [4.78, 5) is 21.6. The zero-order chi connectivity index (χ0) is 17.6. The Hall–Kier alpha value is -2.23. The first-order chi connectivity index (χ1) is 12.2. The molecular formula is C21H27N3O. The van der Waals surface area contributed by atoms with Gasteiger partial charge in [0.2, 0.25) is 5.91 Å². The fraction of sp³-hybridized carbons (Fsp3) is 0.476. The minimum Gasteiger partial charge on any atom is -0.309 e. The topological polar surface area (TPSA) is 54.9 Å². The highest BCUT2D eigenvalue weighted by atomic mass is 16.1. The van der Waals surface area contributed by atoms with Crippen LogP contribution in [0.5, 0.6) is 0 Å². The molecule has 1 saturated carbocycles. The molecule has 4 nitrogen and oxygen atoms in total. The smallest absolute Gasteiger partial charge is 0.233 e. The van der Waals surface area contributed by atoms with Gasteiger partial charge in [0.15, 0.2) is 5.82 Å². The van der Waals surface area contributed by atoms with E-state index in [1.54, 1.807) is 12.4 Å². The number of hydrogen-bond donors (Lipinski definition) is 1. The third-order valence-electron chi connectivity index (χ3n) is 5.16. The second-order valence-corrected chi connectivity index (χ2v) is 7.09. The molecule has 1 fully saturated rings. The van der Waals surface area contributed by atoms with Crippen molar-refractivity contribution in [2.75, 3.05) is 5.32 Å². The average Bonchev–Trinajstić information content (AvgIpc) is 3.14. The molecule has 0 aliphatic heterocycles. The van der Waals surface area contributed by atoms with E-state index < -0.39 is 0 Å². The SMILES string of the molecule is CCc1cnc(NC(=O)[C@H](CC2CCCC2)c2ccc(C)cc2)cn1. The lowest BCUT2D eigenvalue weighted by Gasteiger charge is -2.20. The Labute approximate surface area is 150 Å². The summed E-state index contributed by atoms with van der Waals surface area (Å²) in [5.41, 5.74) is 3.23. The van der Waals surface area contributed by atoms with Crippen LogP contribution in [-0.2, 0) is 11.2 Å². The molecule has 1 atom stereocenters. The Morgan fingerprint density at radius 3 is 2.48 bits per heavy atom.